The predicted octanol–water partition coefficient (Wildman–Crippen LogP) is 1.68. The van der Waals surface area contributed by atoms with Crippen molar-refractivity contribution >= 4 is 18.1 Å². The Morgan fingerprint density at radius 1 is 1.20 bits per heavy atom. The van der Waals surface area contributed by atoms with E-state index in [1.807, 2.05) is 20.8 Å². The first-order valence-corrected chi connectivity index (χ1v) is 8.59. The molecule has 1 aliphatic heterocycles. The average molecular weight is 349 g/mol. The lowest BCUT2D eigenvalue weighted by atomic mass is 10.1. The third-order valence-corrected chi connectivity index (χ3v) is 3.67. The van der Waals surface area contributed by atoms with Gasteiger partial charge in [0.05, 0.1) is 6.42 Å². The van der Waals surface area contributed by atoms with Crippen LogP contribution in [0.5, 0.6) is 0 Å². The third-order valence-electron chi connectivity index (χ3n) is 3.67. The quantitative estimate of drug-likeness (QED) is 0.838. The molecular weight excluding hydrogens is 318 g/mol. The maximum atomic E-state index is 11.6. The number of ether oxygens (including phenoxy) is 1. The molecule has 1 aromatic rings. The van der Waals surface area contributed by atoms with E-state index in [2.05, 4.69) is 39.2 Å². The molecule has 0 bridgehead atoms. The van der Waals surface area contributed by atoms with E-state index in [9.17, 15) is 9.59 Å². The fraction of sp³-hybridized carbons (Fsp3) is 0.579. The first kappa shape index (κ1) is 21.0. The molecule has 1 aromatic carbocycles. The second kappa shape index (κ2) is 10.0. The summed E-state index contributed by atoms with van der Waals surface area (Å²) in [7, 11) is 3.58. The number of carbonyl (C=O) groups excluding carboxylic acids is 2. The van der Waals surface area contributed by atoms with Crippen molar-refractivity contribution in [2.75, 3.05) is 45.2 Å². The molecule has 140 valence electrons. The Balaban J connectivity index is 0.000000381. The molecule has 1 saturated heterocycles. The molecule has 6 heteroatoms. The summed E-state index contributed by atoms with van der Waals surface area (Å²) in [6, 6.07) is 8.34. The van der Waals surface area contributed by atoms with Crippen LogP contribution in [0, 0.1) is 0 Å². The smallest absolute Gasteiger partial charge is 0.293 e. The van der Waals surface area contributed by atoms with Gasteiger partial charge >= 0.3 is 0 Å². The number of nitrogens with zero attached hydrogens (tertiary/aromatic N) is 2. The Labute approximate surface area is 151 Å². The van der Waals surface area contributed by atoms with Crippen molar-refractivity contribution in [3.05, 3.63) is 29.8 Å². The fourth-order valence-corrected chi connectivity index (χ4v) is 2.22. The largest absolute Gasteiger partial charge is 0.462 e. The Morgan fingerprint density at radius 3 is 2.16 bits per heavy atom. The predicted molar refractivity (Wildman–Crippen MR) is 101 cm³/mol. The van der Waals surface area contributed by atoms with Crippen LogP contribution in [-0.2, 0) is 20.7 Å². The number of rotatable bonds is 4. The highest BCUT2D eigenvalue weighted by Gasteiger charge is 2.11. The second-order valence-corrected chi connectivity index (χ2v) is 7.19. The van der Waals surface area contributed by atoms with Crippen LogP contribution in [0.4, 0.5) is 5.69 Å². The van der Waals surface area contributed by atoms with Crippen LogP contribution >= 0.6 is 0 Å². The zero-order chi connectivity index (χ0) is 18.9. The van der Waals surface area contributed by atoms with E-state index >= 15 is 0 Å². The highest BCUT2D eigenvalue weighted by atomic mass is 16.5. The minimum Gasteiger partial charge on any atom is -0.462 e. The van der Waals surface area contributed by atoms with Crippen molar-refractivity contribution in [3.63, 3.8) is 0 Å². The van der Waals surface area contributed by atoms with Gasteiger partial charge in [0.2, 0.25) is 5.91 Å². The lowest BCUT2D eigenvalue weighted by Crippen LogP contribution is -2.43. The molecule has 25 heavy (non-hydrogen) atoms. The molecule has 0 radical (unpaired) electrons. The molecule has 0 aromatic heterocycles. The van der Waals surface area contributed by atoms with Gasteiger partial charge in [0.25, 0.3) is 6.47 Å². The van der Waals surface area contributed by atoms with Gasteiger partial charge in [0, 0.05) is 46.0 Å². The average Bonchev–Trinajstić information content (AvgIpc) is 2.56. The molecule has 1 heterocycles. The van der Waals surface area contributed by atoms with E-state index in [4.69, 9.17) is 0 Å². The lowest BCUT2D eigenvalue weighted by Gasteiger charge is -2.29. The molecule has 0 atom stereocenters. The maximum Gasteiger partial charge on any atom is 0.293 e. The van der Waals surface area contributed by atoms with Crippen molar-refractivity contribution in [1.82, 2.24) is 10.2 Å². The van der Waals surface area contributed by atoms with Crippen LogP contribution in [-0.4, -0.2) is 63.2 Å². The Bertz CT molecular complexity index is 530. The van der Waals surface area contributed by atoms with Gasteiger partial charge in [-0.1, -0.05) is 12.1 Å². The van der Waals surface area contributed by atoms with Gasteiger partial charge in [0.15, 0.2) is 0 Å². The van der Waals surface area contributed by atoms with E-state index in [0.29, 0.717) is 12.9 Å². The number of hydrogen-bond donors (Lipinski definition) is 1. The van der Waals surface area contributed by atoms with Crippen molar-refractivity contribution in [2.45, 2.75) is 32.8 Å². The van der Waals surface area contributed by atoms with Crippen molar-refractivity contribution in [3.8, 4) is 0 Å². The van der Waals surface area contributed by atoms with Crippen LogP contribution in [0.15, 0.2) is 24.3 Å². The molecule has 1 aliphatic rings. The molecule has 1 N–H and O–H groups in total. The van der Waals surface area contributed by atoms with Gasteiger partial charge in [-0.05, 0) is 38.5 Å². The number of carbonyl (C=O) groups is 2. The third kappa shape index (κ3) is 8.54. The van der Waals surface area contributed by atoms with Gasteiger partial charge in [-0.3, -0.25) is 9.59 Å². The first-order chi connectivity index (χ1) is 11.7. The molecule has 1 amide bonds. The number of benzene rings is 1. The summed E-state index contributed by atoms with van der Waals surface area (Å²) in [6.07, 6.45) is 0.481. The van der Waals surface area contributed by atoms with E-state index in [0.717, 1.165) is 31.7 Å². The number of nitrogens with one attached hydrogen (secondary N) is 1. The summed E-state index contributed by atoms with van der Waals surface area (Å²) >= 11 is 0. The van der Waals surface area contributed by atoms with Crippen LogP contribution in [0.1, 0.15) is 26.3 Å². The summed E-state index contributed by atoms with van der Waals surface area (Å²) in [5.74, 6) is 0.143. The minimum absolute atomic E-state index is 0.143. The van der Waals surface area contributed by atoms with Crippen LogP contribution in [0.25, 0.3) is 0 Å². The number of amides is 1. The summed E-state index contributed by atoms with van der Waals surface area (Å²) in [6.45, 7) is 10.1. The number of hydrogen-bond acceptors (Lipinski definition) is 5. The van der Waals surface area contributed by atoms with E-state index in [-0.39, 0.29) is 11.5 Å². The first-order valence-electron chi connectivity index (χ1n) is 8.59. The summed E-state index contributed by atoms with van der Waals surface area (Å²) in [4.78, 5) is 25.2. The molecule has 0 unspecified atom stereocenters. The van der Waals surface area contributed by atoms with Crippen LogP contribution in [0.2, 0.25) is 0 Å². The molecule has 0 spiro atoms. The van der Waals surface area contributed by atoms with Gasteiger partial charge in [-0.15, -0.1) is 0 Å². The molecule has 2 rings (SSSR count). The highest BCUT2D eigenvalue weighted by molar-refractivity contribution is 5.78. The Kier molecular flexibility index (Phi) is 8.41. The molecule has 6 nitrogen and oxygen atoms in total. The van der Waals surface area contributed by atoms with Crippen molar-refractivity contribution < 1.29 is 14.3 Å². The molecule has 0 saturated carbocycles. The molecule has 0 aliphatic carbocycles. The SMILES string of the molecule is CC(C)(C)OC=O.CN(C)C(=O)Cc1ccc(N2CCNCC2)cc1. The summed E-state index contributed by atoms with van der Waals surface area (Å²) in [5, 5.41) is 3.34. The van der Waals surface area contributed by atoms with E-state index in [1.165, 1.54) is 5.69 Å². The normalized spacial score (nSPS) is 14.2. The number of likely N-dealkylation sites (N-methyl/N-ethyl adjacent to an activating group) is 1. The minimum atomic E-state index is -0.318. The zero-order valence-electron chi connectivity index (χ0n) is 16.0. The zero-order valence-corrected chi connectivity index (χ0v) is 16.0. The summed E-state index contributed by atoms with van der Waals surface area (Å²) in [5.41, 5.74) is 2.01. The monoisotopic (exact) mass is 349 g/mol. The van der Waals surface area contributed by atoms with Crippen molar-refractivity contribution in [1.29, 1.82) is 0 Å². The van der Waals surface area contributed by atoms with Crippen molar-refractivity contribution in [2.24, 2.45) is 0 Å². The van der Waals surface area contributed by atoms with Gasteiger partial charge in [0.1, 0.15) is 5.60 Å². The van der Waals surface area contributed by atoms with Gasteiger partial charge < -0.3 is 19.9 Å². The Morgan fingerprint density at radius 2 is 1.76 bits per heavy atom. The molecular formula is C19H31N3O3. The second-order valence-electron chi connectivity index (χ2n) is 7.19. The van der Waals surface area contributed by atoms with E-state index in [1.54, 1.807) is 19.0 Å². The van der Waals surface area contributed by atoms with Gasteiger partial charge in [-0.25, -0.2) is 0 Å². The fourth-order valence-electron chi connectivity index (χ4n) is 2.22. The molecule has 1 fully saturated rings. The number of anilines is 1. The standard InChI is InChI=1S/C14H21N3O.C5H10O2/c1-16(2)14(18)11-12-3-5-13(6-4-12)17-9-7-15-8-10-17;1-5(2,3)7-4-6/h3-6,15H,7-11H2,1-2H3;4H,1-3H3. The van der Waals surface area contributed by atoms with Crippen LogP contribution in [0.3, 0.4) is 0 Å². The maximum absolute atomic E-state index is 11.6. The highest BCUT2D eigenvalue weighted by Crippen LogP contribution is 2.16. The topological polar surface area (TPSA) is 61.9 Å². The van der Waals surface area contributed by atoms with Gasteiger partial charge in [-0.2, -0.15) is 0 Å². The Hall–Kier alpha value is -2.08. The number of piperazine rings is 1. The van der Waals surface area contributed by atoms with E-state index < -0.39 is 0 Å². The van der Waals surface area contributed by atoms with Crippen LogP contribution < -0.4 is 10.2 Å². The lowest BCUT2D eigenvalue weighted by molar-refractivity contribution is -0.138. The summed E-state index contributed by atoms with van der Waals surface area (Å²) < 4.78 is 4.55.